The molecule has 1 fully saturated rings. The van der Waals surface area contributed by atoms with Crippen molar-refractivity contribution in [2.45, 2.75) is 18.8 Å². The van der Waals surface area contributed by atoms with Crippen LogP contribution in [0, 0.1) is 0 Å². The van der Waals surface area contributed by atoms with Crippen LogP contribution in [-0.4, -0.2) is 9.97 Å². The van der Waals surface area contributed by atoms with Gasteiger partial charge in [0.2, 0.25) is 0 Å². The first kappa shape index (κ1) is 9.89. The Bertz CT molecular complexity index is 693. The molecule has 2 heterocycles. The van der Waals surface area contributed by atoms with Gasteiger partial charge < -0.3 is 4.98 Å². The first-order valence-corrected chi connectivity index (χ1v) is 6.43. The fourth-order valence-corrected chi connectivity index (χ4v) is 2.49. The zero-order valence-electron chi connectivity index (χ0n) is 10.1. The van der Waals surface area contributed by atoms with E-state index in [0.717, 1.165) is 17.2 Å². The number of benzene rings is 1. The molecule has 2 aromatic heterocycles. The fourth-order valence-electron chi connectivity index (χ4n) is 2.49. The quantitative estimate of drug-likeness (QED) is 0.710. The highest BCUT2D eigenvalue weighted by atomic mass is 14.7. The van der Waals surface area contributed by atoms with Gasteiger partial charge in [0, 0.05) is 34.6 Å². The summed E-state index contributed by atoms with van der Waals surface area (Å²) < 4.78 is 0. The molecular formula is C16H14N2. The van der Waals surface area contributed by atoms with Crippen molar-refractivity contribution in [2.24, 2.45) is 0 Å². The fraction of sp³-hybridized carbons (Fsp3) is 0.188. The van der Waals surface area contributed by atoms with Gasteiger partial charge in [-0.1, -0.05) is 12.1 Å². The maximum absolute atomic E-state index is 4.17. The number of pyridine rings is 1. The summed E-state index contributed by atoms with van der Waals surface area (Å²) in [6.07, 6.45) is 6.40. The summed E-state index contributed by atoms with van der Waals surface area (Å²) in [5, 5.41) is 1.28. The molecule has 0 amide bonds. The molecule has 1 aliphatic rings. The third-order valence-corrected chi connectivity index (χ3v) is 3.67. The number of aromatic amines is 1. The molecule has 0 saturated heterocycles. The van der Waals surface area contributed by atoms with E-state index in [2.05, 4.69) is 40.3 Å². The summed E-state index contributed by atoms with van der Waals surface area (Å²) in [6, 6.07) is 13.0. The number of H-pyrrole nitrogens is 1. The van der Waals surface area contributed by atoms with Crippen LogP contribution in [0.5, 0.6) is 0 Å². The lowest BCUT2D eigenvalue weighted by molar-refractivity contribution is 1.13. The smallest absolute Gasteiger partial charge is 0.0480 e. The van der Waals surface area contributed by atoms with Crippen molar-refractivity contribution in [3.63, 3.8) is 0 Å². The van der Waals surface area contributed by atoms with E-state index in [9.17, 15) is 0 Å². The third kappa shape index (κ3) is 1.61. The van der Waals surface area contributed by atoms with Gasteiger partial charge in [0.05, 0.1) is 0 Å². The second-order valence-corrected chi connectivity index (χ2v) is 5.05. The molecule has 1 N–H and O–H groups in total. The Morgan fingerprint density at radius 3 is 2.83 bits per heavy atom. The van der Waals surface area contributed by atoms with Crippen molar-refractivity contribution >= 4 is 10.9 Å². The molecular weight excluding hydrogens is 220 g/mol. The third-order valence-electron chi connectivity index (χ3n) is 3.67. The van der Waals surface area contributed by atoms with Crippen LogP contribution >= 0.6 is 0 Å². The van der Waals surface area contributed by atoms with Gasteiger partial charge in [-0.3, -0.25) is 4.98 Å². The van der Waals surface area contributed by atoms with E-state index in [-0.39, 0.29) is 0 Å². The summed E-state index contributed by atoms with van der Waals surface area (Å²) in [5.41, 5.74) is 4.99. The average molecular weight is 234 g/mol. The zero-order valence-corrected chi connectivity index (χ0v) is 10.1. The predicted molar refractivity (Wildman–Crippen MR) is 73.5 cm³/mol. The molecule has 0 atom stereocenters. The van der Waals surface area contributed by atoms with E-state index in [1.807, 2.05) is 12.3 Å². The van der Waals surface area contributed by atoms with Gasteiger partial charge in [-0.05, 0) is 48.6 Å². The average Bonchev–Trinajstić information content (AvgIpc) is 3.18. The van der Waals surface area contributed by atoms with Crippen molar-refractivity contribution in [2.75, 3.05) is 0 Å². The van der Waals surface area contributed by atoms with Gasteiger partial charge in [-0.2, -0.15) is 0 Å². The Kier molecular flexibility index (Phi) is 2.04. The minimum absolute atomic E-state index is 0.805. The molecule has 0 radical (unpaired) electrons. The van der Waals surface area contributed by atoms with Crippen LogP contribution in [0.4, 0.5) is 0 Å². The largest absolute Gasteiger partial charge is 0.354 e. The van der Waals surface area contributed by atoms with Crippen LogP contribution in [0.2, 0.25) is 0 Å². The number of rotatable bonds is 2. The first-order valence-electron chi connectivity index (χ1n) is 6.43. The Labute approximate surface area is 106 Å². The van der Waals surface area contributed by atoms with Crippen LogP contribution in [0.25, 0.3) is 22.2 Å². The van der Waals surface area contributed by atoms with Gasteiger partial charge in [0.1, 0.15) is 0 Å². The van der Waals surface area contributed by atoms with Crippen molar-refractivity contribution in [3.05, 3.63) is 54.4 Å². The molecule has 2 heteroatoms. The number of nitrogens with one attached hydrogen (secondary N) is 1. The Balaban J connectivity index is 1.83. The molecule has 0 unspecified atom stereocenters. The monoisotopic (exact) mass is 234 g/mol. The summed E-state index contributed by atoms with van der Waals surface area (Å²) >= 11 is 0. The van der Waals surface area contributed by atoms with Crippen molar-refractivity contribution in [3.8, 4) is 11.3 Å². The maximum atomic E-state index is 4.17. The lowest BCUT2D eigenvalue weighted by atomic mass is 10.1. The van der Waals surface area contributed by atoms with Crippen molar-refractivity contribution in [1.82, 2.24) is 9.97 Å². The predicted octanol–water partition coefficient (Wildman–Crippen LogP) is 4.11. The first-order chi connectivity index (χ1) is 8.90. The standard InChI is InChI=1S/C16H14N2/c1-2-14(10-17-7-1)16-9-13-6-5-12(11-3-4-11)8-15(13)18-16/h1-2,5-11,18H,3-4H2. The van der Waals surface area contributed by atoms with Gasteiger partial charge in [0.25, 0.3) is 0 Å². The van der Waals surface area contributed by atoms with E-state index in [1.54, 1.807) is 6.20 Å². The van der Waals surface area contributed by atoms with Crippen LogP contribution in [0.15, 0.2) is 48.8 Å². The number of hydrogen-bond donors (Lipinski definition) is 1. The molecule has 18 heavy (non-hydrogen) atoms. The zero-order chi connectivity index (χ0) is 11.9. The van der Waals surface area contributed by atoms with Crippen molar-refractivity contribution in [1.29, 1.82) is 0 Å². The number of aromatic nitrogens is 2. The van der Waals surface area contributed by atoms with Crippen molar-refractivity contribution < 1.29 is 0 Å². The van der Waals surface area contributed by atoms with Crippen LogP contribution in [0.1, 0.15) is 24.3 Å². The lowest BCUT2D eigenvalue weighted by Gasteiger charge is -1.97. The number of hydrogen-bond acceptors (Lipinski definition) is 1. The molecule has 2 nitrogen and oxygen atoms in total. The van der Waals surface area contributed by atoms with E-state index >= 15 is 0 Å². The second kappa shape index (κ2) is 3.70. The highest BCUT2D eigenvalue weighted by Gasteiger charge is 2.23. The summed E-state index contributed by atoms with van der Waals surface area (Å²) in [4.78, 5) is 7.66. The minimum atomic E-state index is 0.805. The van der Waals surface area contributed by atoms with E-state index < -0.39 is 0 Å². The van der Waals surface area contributed by atoms with Crippen LogP contribution < -0.4 is 0 Å². The highest BCUT2D eigenvalue weighted by Crippen LogP contribution is 2.41. The molecule has 0 bridgehead atoms. The Hall–Kier alpha value is -2.09. The summed E-state index contributed by atoms with van der Waals surface area (Å²) in [5.74, 6) is 0.805. The van der Waals surface area contributed by atoms with Crippen LogP contribution in [0.3, 0.4) is 0 Å². The van der Waals surface area contributed by atoms with Gasteiger partial charge >= 0.3 is 0 Å². The van der Waals surface area contributed by atoms with Gasteiger partial charge in [-0.25, -0.2) is 0 Å². The Morgan fingerprint density at radius 2 is 2.06 bits per heavy atom. The molecule has 4 rings (SSSR count). The molecule has 1 saturated carbocycles. The van der Waals surface area contributed by atoms with Gasteiger partial charge in [-0.15, -0.1) is 0 Å². The van der Waals surface area contributed by atoms with E-state index in [4.69, 9.17) is 0 Å². The second-order valence-electron chi connectivity index (χ2n) is 5.05. The van der Waals surface area contributed by atoms with E-state index in [0.29, 0.717) is 0 Å². The Morgan fingerprint density at radius 1 is 1.11 bits per heavy atom. The SMILES string of the molecule is c1cncc(-c2cc3ccc(C4CC4)cc3[nH]2)c1. The molecule has 1 aliphatic carbocycles. The molecule has 1 aromatic carbocycles. The molecule has 0 aliphatic heterocycles. The number of fused-ring (bicyclic) bond motifs is 1. The molecule has 3 aromatic rings. The summed E-state index contributed by atoms with van der Waals surface area (Å²) in [7, 11) is 0. The molecule has 0 spiro atoms. The normalized spacial score (nSPS) is 15.1. The topological polar surface area (TPSA) is 28.7 Å². The minimum Gasteiger partial charge on any atom is -0.354 e. The maximum Gasteiger partial charge on any atom is 0.0480 e. The van der Waals surface area contributed by atoms with Gasteiger partial charge in [0.15, 0.2) is 0 Å². The lowest BCUT2D eigenvalue weighted by Crippen LogP contribution is -1.79. The summed E-state index contributed by atoms with van der Waals surface area (Å²) in [6.45, 7) is 0. The number of nitrogens with zero attached hydrogens (tertiary/aromatic N) is 1. The van der Waals surface area contributed by atoms with E-state index in [1.165, 1.54) is 29.3 Å². The van der Waals surface area contributed by atoms with Crippen LogP contribution in [-0.2, 0) is 0 Å². The highest BCUT2D eigenvalue weighted by molar-refractivity contribution is 5.86. The molecule has 88 valence electrons.